The molecule has 1 aromatic carbocycles. The van der Waals surface area contributed by atoms with Crippen molar-refractivity contribution < 1.29 is 13.6 Å². The molecule has 1 aromatic heterocycles. The van der Waals surface area contributed by atoms with E-state index in [0.717, 1.165) is 42.2 Å². The van der Waals surface area contributed by atoms with Crippen molar-refractivity contribution in [2.45, 2.75) is 58.8 Å². The quantitative estimate of drug-likeness (QED) is 0.570. The Hall–Kier alpha value is -2.94. The van der Waals surface area contributed by atoms with Crippen LogP contribution in [-0.4, -0.2) is 57.6 Å². The number of benzene rings is 1. The van der Waals surface area contributed by atoms with Gasteiger partial charge in [0.1, 0.15) is 11.7 Å². The van der Waals surface area contributed by atoms with Crippen LogP contribution in [0.25, 0.3) is 11.4 Å². The van der Waals surface area contributed by atoms with Crippen LogP contribution < -0.4 is 5.32 Å². The molecule has 1 atom stereocenters. The molecule has 1 amide bonds. The molecule has 2 aromatic rings. The first-order valence-electron chi connectivity index (χ1n) is 10.8. The minimum absolute atomic E-state index is 0.208. The molecule has 0 radical (unpaired) electrons. The highest BCUT2D eigenvalue weighted by Gasteiger charge is 2.30. The van der Waals surface area contributed by atoms with Crippen LogP contribution in [0.1, 0.15) is 49.8 Å². The number of amidine groups is 1. The summed E-state index contributed by atoms with van der Waals surface area (Å²) in [6.07, 6.45) is 2.23. The highest BCUT2D eigenvalue weighted by Crippen LogP contribution is 2.29. The van der Waals surface area contributed by atoms with E-state index in [9.17, 15) is 13.6 Å². The van der Waals surface area contributed by atoms with Gasteiger partial charge in [-0.15, -0.1) is 0 Å². The van der Waals surface area contributed by atoms with E-state index in [1.165, 1.54) is 6.07 Å². The van der Waals surface area contributed by atoms with Gasteiger partial charge in [-0.05, 0) is 58.9 Å². The molecule has 1 unspecified atom stereocenters. The lowest BCUT2D eigenvalue weighted by Gasteiger charge is -2.32. The van der Waals surface area contributed by atoms with Gasteiger partial charge in [0, 0.05) is 30.4 Å². The second kappa shape index (κ2) is 8.90. The monoisotopic (exact) mass is 442 g/mol. The van der Waals surface area contributed by atoms with Crippen LogP contribution in [0, 0.1) is 11.6 Å². The number of carbonyl (C=O) groups excluding carboxylic acids is 1. The summed E-state index contributed by atoms with van der Waals surface area (Å²) < 4.78 is 29.3. The fourth-order valence-electron chi connectivity index (χ4n) is 3.78. The Morgan fingerprint density at radius 2 is 2.00 bits per heavy atom. The Balaban J connectivity index is 1.59. The molecule has 1 aliphatic carbocycles. The molecule has 1 aliphatic heterocycles. The summed E-state index contributed by atoms with van der Waals surface area (Å²) >= 11 is 0. The number of halogens is 2. The van der Waals surface area contributed by atoms with Crippen molar-refractivity contribution >= 4 is 17.5 Å². The number of fused-ring (bicyclic) bond motifs is 1. The van der Waals surface area contributed by atoms with Gasteiger partial charge in [-0.3, -0.25) is 14.7 Å². The second-order valence-electron chi connectivity index (χ2n) is 8.67. The third kappa shape index (κ3) is 4.77. The third-order valence-electron chi connectivity index (χ3n) is 5.84. The van der Waals surface area contributed by atoms with Crippen LogP contribution >= 0.6 is 0 Å². The predicted octanol–water partition coefficient (Wildman–Crippen LogP) is 3.43. The van der Waals surface area contributed by atoms with E-state index in [1.807, 2.05) is 25.5 Å². The van der Waals surface area contributed by atoms with Gasteiger partial charge in [0.15, 0.2) is 17.3 Å². The molecule has 170 valence electrons. The summed E-state index contributed by atoms with van der Waals surface area (Å²) in [6.45, 7) is 7.18. The Labute approximate surface area is 186 Å². The SMILES string of the molecule is CC(CNC(=O)c1nc(-c2ccc(F)c(F)c2)n2c1CN(C)C(C)C2)=NC(C)=NC1CC1. The van der Waals surface area contributed by atoms with E-state index in [2.05, 4.69) is 32.1 Å². The summed E-state index contributed by atoms with van der Waals surface area (Å²) in [4.78, 5) is 28.6. The van der Waals surface area contributed by atoms with E-state index in [0.29, 0.717) is 36.2 Å². The number of aromatic nitrogens is 2. The number of nitrogens with one attached hydrogen (secondary N) is 1. The minimum atomic E-state index is -0.943. The zero-order valence-corrected chi connectivity index (χ0v) is 18.8. The van der Waals surface area contributed by atoms with Crippen LogP contribution in [-0.2, 0) is 13.1 Å². The van der Waals surface area contributed by atoms with Crippen molar-refractivity contribution in [3.05, 3.63) is 41.2 Å². The highest BCUT2D eigenvalue weighted by molar-refractivity contribution is 6.01. The first-order valence-corrected chi connectivity index (χ1v) is 10.8. The number of imidazole rings is 1. The normalized spacial score (nSPS) is 19.8. The zero-order chi connectivity index (χ0) is 23.0. The standard InChI is InChI=1S/C23H28F2N6O/c1-13(27-15(3)28-17-6-7-17)10-26-23(32)21-20-12-30(4)14(2)11-31(20)22(29-21)16-5-8-18(24)19(25)9-16/h5,8-9,14,17H,6-7,10-12H2,1-4H3,(H,26,32). The first kappa shape index (κ1) is 22.3. The van der Waals surface area contributed by atoms with Crippen molar-refractivity contribution in [1.82, 2.24) is 19.8 Å². The van der Waals surface area contributed by atoms with Crippen LogP contribution in [0.15, 0.2) is 28.2 Å². The summed E-state index contributed by atoms with van der Waals surface area (Å²) in [5.74, 6) is -1.00. The average molecular weight is 443 g/mol. The number of rotatable bonds is 5. The molecule has 7 nitrogen and oxygen atoms in total. The topological polar surface area (TPSA) is 74.9 Å². The maximum atomic E-state index is 13.9. The summed E-state index contributed by atoms with van der Waals surface area (Å²) in [7, 11) is 1.98. The number of hydrogen-bond donors (Lipinski definition) is 1. The van der Waals surface area contributed by atoms with Crippen LogP contribution in [0.2, 0.25) is 0 Å². The second-order valence-corrected chi connectivity index (χ2v) is 8.67. The van der Waals surface area contributed by atoms with Crippen molar-refractivity contribution in [1.29, 1.82) is 0 Å². The van der Waals surface area contributed by atoms with Crippen LogP contribution in [0.3, 0.4) is 0 Å². The maximum Gasteiger partial charge on any atom is 0.272 e. The van der Waals surface area contributed by atoms with Crippen LogP contribution in [0.4, 0.5) is 8.78 Å². The van der Waals surface area contributed by atoms with Crippen molar-refractivity contribution in [2.75, 3.05) is 13.6 Å². The Morgan fingerprint density at radius 3 is 2.69 bits per heavy atom. The lowest BCUT2D eigenvalue weighted by Crippen LogP contribution is -2.39. The molecule has 1 saturated carbocycles. The van der Waals surface area contributed by atoms with Crippen molar-refractivity contribution in [2.24, 2.45) is 9.98 Å². The van der Waals surface area contributed by atoms with E-state index in [4.69, 9.17) is 0 Å². The number of likely N-dealkylation sites (N-methyl/N-ethyl adjacent to an activating group) is 1. The van der Waals surface area contributed by atoms with Crippen molar-refractivity contribution in [3.63, 3.8) is 0 Å². The van der Waals surface area contributed by atoms with E-state index in [-0.39, 0.29) is 18.5 Å². The Kier molecular flexibility index (Phi) is 6.19. The molecule has 9 heteroatoms. The fourth-order valence-corrected chi connectivity index (χ4v) is 3.78. The summed E-state index contributed by atoms with van der Waals surface area (Å²) in [6, 6.07) is 4.29. The molecule has 0 bridgehead atoms. The van der Waals surface area contributed by atoms with Gasteiger partial charge in [0.25, 0.3) is 5.91 Å². The van der Waals surface area contributed by atoms with Gasteiger partial charge in [-0.2, -0.15) is 0 Å². The Morgan fingerprint density at radius 1 is 1.25 bits per heavy atom. The third-order valence-corrected chi connectivity index (χ3v) is 5.84. The highest BCUT2D eigenvalue weighted by atomic mass is 19.2. The van der Waals surface area contributed by atoms with Gasteiger partial charge in [-0.25, -0.2) is 18.8 Å². The van der Waals surface area contributed by atoms with E-state index < -0.39 is 11.6 Å². The molecule has 1 fully saturated rings. The lowest BCUT2D eigenvalue weighted by atomic mass is 10.1. The van der Waals surface area contributed by atoms with Gasteiger partial charge >= 0.3 is 0 Å². The van der Waals surface area contributed by atoms with Gasteiger partial charge in [0.05, 0.1) is 18.3 Å². The lowest BCUT2D eigenvalue weighted by molar-refractivity contribution is 0.0950. The molecule has 0 saturated heterocycles. The number of nitrogens with zero attached hydrogens (tertiary/aromatic N) is 5. The molecule has 2 aliphatic rings. The molecule has 4 rings (SSSR count). The van der Waals surface area contributed by atoms with Gasteiger partial charge in [0.2, 0.25) is 0 Å². The molecular formula is C23H28F2N6O. The predicted molar refractivity (Wildman–Crippen MR) is 120 cm³/mol. The number of carbonyl (C=O) groups is 1. The number of aliphatic imine (C=N–C) groups is 2. The fraction of sp³-hybridized carbons (Fsp3) is 0.478. The summed E-state index contributed by atoms with van der Waals surface area (Å²) in [5, 5.41) is 2.88. The number of amides is 1. The molecular weight excluding hydrogens is 414 g/mol. The first-order chi connectivity index (χ1) is 15.2. The zero-order valence-electron chi connectivity index (χ0n) is 18.8. The van der Waals surface area contributed by atoms with E-state index in [1.54, 1.807) is 0 Å². The molecule has 32 heavy (non-hydrogen) atoms. The maximum absolute atomic E-state index is 13.9. The van der Waals surface area contributed by atoms with Gasteiger partial charge < -0.3 is 9.88 Å². The number of hydrogen-bond acceptors (Lipinski definition) is 4. The van der Waals surface area contributed by atoms with E-state index >= 15 is 0 Å². The Bertz CT molecular complexity index is 1100. The molecule has 2 heterocycles. The van der Waals surface area contributed by atoms with Crippen LogP contribution in [0.5, 0.6) is 0 Å². The molecule has 0 spiro atoms. The smallest absolute Gasteiger partial charge is 0.272 e. The molecule has 1 N–H and O–H groups in total. The van der Waals surface area contributed by atoms with Gasteiger partial charge in [-0.1, -0.05) is 0 Å². The average Bonchev–Trinajstić information content (AvgIpc) is 3.48. The largest absolute Gasteiger partial charge is 0.345 e. The van der Waals surface area contributed by atoms with Crippen molar-refractivity contribution in [3.8, 4) is 11.4 Å². The minimum Gasteiger partial charge on any atom is -0.345 e. The summed E-state index contributed by atoms with van der Waals surface area (Å²) in [5.41, 5.74) is 2.23.